The van der Waals surface area contributed by atoms with Crippen LogP contribution in [0.5, 0.6) is 0 Å². The molecule has 1 saturated heterocycles. The van der Waals surface area contributed by atoms with Gasteiger partial charge < -0.3 is 0 Å². The number of hydrogen-bond donors (Lipinski definition) is 0. The number of benzene rings is 2. The third kappa shape index (κ3) is 9.30. The van der Waals surface area contributed by atoms with Crippen molar-refractivity contribution in [3.05, 3.63) is 59.7 Å². The average molecular weight is 784 g/mol. The Hall–Kier alpha value is -2.68. The van der Waals surface area contributed by atoms with Crippen LogP contribution >= 0.6 is 15.9 Å². The fourth-order valence-electron chi connectivity index (χ4n) is 7.00. The molecule has 5 rings (SSSR count). The summed E-state index contributed by atoms with van der Waals surface area (Å²) in [5, 5.41) is 12.3. The van der Waals surface area contributed by atoms with Gasteiger partial charge in [0.25, 0.3) is 0 Å². The molecule has 10 heteroatoms. The molecule has 0 saturated carbocycles. The Balaban J connectivity index is 1.05. The molecule has 48 heavy (non-hydrogen) atoms. The number of nitrogens with zero attached hydrogens (tertiary/aromatic N) is 5. The van der Waals surface area contributed by atoms with Crippen molar-refractivity contribution in [3.8, 4) is 5.69 Å². The van der Waals surface area contributed by atoms with Crippen LogP contribution in [0.4, 0.5) is 5.69 Å². The first kappa shape index (κ1) is 36.6. The van der Waals surface area contributed by atoms with Crippen molar-refractivity contribution in [2.45, 2.75) is 132 Å². The maximum atomic E-state index is 13.8. The summed E-state index contributed by atoms with van der Waals surface area (Å²) in [5.41, 5.74) is 2.66. The van der Waals surface area contributed by atoms with Crippen LogP contribution in [0.1, 0.15) is 138 Å². The Labute approximate surface area is 300 Å². The zero-order chi connectivity index (χ0) is 33.8. The van der Waals surface area contributed by atoms with Gasteiger partial charge in [0.2, 0.25) is 0 Å². The number of para-hydroxylation sites is 1. The molecular formula is C38H50BrN5O3Se. The SMILES string of the molecule is CCCCCCCCCCCCCCCCCCC1CC(=O)N(c2cccc3c2CC(Br)([Se]c2nnnn2-c2ccccc2)C3=O)C1=O. The molecule has 1 aliphatic heterocycles. The van der Waals surface area contributed by atoms with E-state index in [-0.39, 0.29) is 29.9 Å². The Kier molecular flexibility index (Phi) is 14.0. The van der Waals surface area contributed by atoms with Crippen LogP contribution in [0.25, 0.3) is 5.69 Å². The van der Waals surface area contributed by atoms with Crippen molar-refractivity contribution in [1.29, 1.82) is 0 Å². The second kappa shape index (κ2) is 18.4. The van der Waals surface area contributed by atoms with Crippen LogP contribution in [0.15, 0.2) is 48.5 Å². The molecule has 3 aromatic rings. The van der Waals surface area contributed by atoms with Crippen molar-refractivity contribution < 1.29 is 14.4 Å². The molecule has 2 aliphatic rings. The van der Waals surface area contributed by atoms with Gasteiger partial charge >= 0.3 is 218 Å². The number of halogens is 1. The van der Waals surface area contributed by atoms with E-state index in [9.17, 15) is 14.4 Å². The van der Waals surface area contributed by atoms with E-state index in [0.717, 1.165) is 30.5 Å². The molecule has 0 spiro atoms. The number of unbranched alkanes of at least 4 members (excludes halogenated alkanes) is 15. The number of aromatic nitrogens is 4. The third-order valence-electron chi connectivity index (χ3n) is 9.72. The number of ketones is 1. The molecule has 1 aromatic heterocycles. The average Bonchev–Trinajstić information content (AvgIpc) is 3.74. The molecule has 1 fully saturated rings. The van der Waals surface area contributed by atoms with Crippen LogP contribution in [-0.2, 0) is 16.0 Å². The number of hydrogen-bond acceptors (Lipinski definition) is 6. The minimum atomic E-state index is -0.918. The minimum absolute atomic E-state index is 0.0641. The molecule has 8 nitrogen and oxygen atoms in total. The van der Waals surface area contributed by atoms with Gasteiger partial charge in [0.05, 0.1) is 0 Å². The summed E-state index contributed by atoms with van der Waals surface area (Å²) < 4.78 is 1.36. The summed E-state index contributed by atoms with van der Waals surface area (Å²) in [4.78, 5) is 42.0. The van der Waals surface area contributed by atoms with Crippen LogP contribution in [-0.4, -0.2) is 56.0 Å². The number of amides is 2. The number of tetrazole rings is 1. The summed E-state index contributed by atoms with van der Waals surface area (Å²) in [7, 11) is 0. The van der Waals surface area contributed by atoms with E-state index in [1.807, 2.05) is 30.3 Å². The molecule has 258 valence electrons. The van der Waals surface area contributed by atoms with E-state index in [1.54, 1.807) is 22.9 Å². The quantitative estimate of drug-likeness (QED) is 0.0470. The first-order chi connectivity index (χ1) is 23.4. The fraction of sp³-hybridized carbons (Fsp3) is 0.579. The Morgan fingerprint density at radius 2 is 1.40 bits per heavy atom. The first-order valence-corrected chi connectivity index (χ1v) is 20.7. The molecule has 2 unspecified atom stereocenters. The number of alkyl halides is 1. The third-order valence-corrected chi connectivity index (χ3v) is 13.5. The summed E-state index contributed by atoms with van der Waals surface area (Å²) in [6.45, 7) is 2.27. The van der Waals surface area contributed by atoms with Crippen molar-refractivity contribution in [1.82, 2.24) is 20.2 Å². The Morgan fingerprint density at radius 1 is 0.792 bits per heavy atom. The van der Waals surface area contributed by atoms with E-state index in [4.69, 9.17) is 0 Å². The molecular weight excluding hydrogens is 733 g/mol. The van der Waals surface area contributed by atoms with Gasteiger partial charge in [-0.15, -0.1) is 0 Å². The molecule has 2 amide bonds. The van der Waals surface area contributed by atoms with Gasteiger partial charge in [0, 0.05) is 0 Å². The number of Topliss-reactive ketones (excluding diaryl/α,β-unsaturated/α-hetero) is 1. The van der Waals surface area contributed by atoms with E-state index in [1.165, 1.54) is 94.8 Å². The summed E-state index contributed by atoms with van der Waals surface area (Å²) in [5.74, 6) is -0.656. The van der Waals surface area contributed by atoms with E-state index < -0.39 is 18.2 Å². The van der Waals surface area contributed by atoms with Gasteiger partial charge in [-0.2, -0.15) is 0 Å². The van der Waals surface area contributed by atoms with Crippen molar-refractivity contribution in [2.24, 2.45) is 5.92 Å². The number of imide groups is 1. The van der Waals surface area contributed by atoms with E-state index in [0.29, 0.717) is 22.4 Å². The molecule has 2 heterocycles. The van der Waals surface area contributed by atoms with Gasteiger partial charge in [-0.25, -0.2) is 0 Å². The molecule has 0 bridgehead atoms. The molecule has 0 N–H and O–H groups in total. The van der Waals surface area contributed by atoms with Crippen LogP contribution in [0, 0.1) is 5.92 Å². The molecule has 2 aromatic carbocycles. The van der Waals surface area contributed by atoms with Crippen LogP contribution in [0.3, 0.4) is 0 Å². The fourth-order valence-corrected chi connectivity index (χ4v) is 10.4. The number of carbonyl (C=O) groups is 3. The van der Waals surface area contributed by atoms with Crippen LogP contribution in [0.2, 0.25) is 0 Å². The standard InChI is InChI=1S/C38H50BrN5O3Se/c1-2-3-4-5-6-7-8-9-10-11-12-13-14-15-16-18-22-29-27-34(45)43(36(29)47)33-26-21-25-31-32(33)28-38(39,35(31)46)48-37-40-41-42-44(37)30-23-19-17-20-24-30/h17,19-21,23-26,29H,2-16,18,22,27-28H2,1H3. The van der Waals surface area contributed by atoms with Gasteiger partial charge in [-0.05, 0) is 0 Å². The molecule has 1 aliphatic carbocycles. The summed E-state index contributed by atoms with van der Waals surface area (Å²) in [6, 6.07) is 15.0. The monoisotopic (exact) mass is 783 g/mol. The number of carbonyl (C=O) groups excluding carboxylic acids is 3. The molecule has 0 radical (unpaired) electrons. The van der Waals surface area contributed by atoms with Gasteiger partial charge in [-0.3, -0.25) is 0 Å². The second-order valence-corrected chi connectivity index (χ2v) is 18.6. The van der Waals surface area contributed by atoms with Gasteiger partial charge in [-0.1, -0.05) is 84.0 Å². The molecule has 2 atom stereocenters. The second-order valence-electron chi connectivity index (χ2n) is 13.4. The van der Waals surface area contributed by atoms with Crippen LogP contribution < -0.4 is 9.62 Å². The van der Waals surface area contributed by atoms with Crippen molar-refractivity contribution in [2.75, 3.05) is 4.90 Å². The zero-order valence-corrected chi connectivity index (χ0v) is 31.7. The van der Waals surface area contributed by atoms with Crippen molar-refractivity contribution >= 4 is 58.9 Å². The van der Waals surface area contributed by atoms with Gasteiger partial charge in [0.15, 0.2) is 0 Å². The predicted molar refractivity (Wildman–Crippen MR) is 195 cm³/mol. The Morgan fingerprint density at radius 3 is 2.02 bits per heavy atom. The first-order valence-electron chi connectivity index (χ1n) is 18.2. The predicted octanol–water partition coefficient (Wildman–Crippen LogP) is 8.05. The number of anilines is 1. The maximum absolute atomic E-state index is 13.8. The van der Waals surface area contributed by atoms with E-state index >= 15 is 0 Å². The zero-order valence-electron chi connectivity index (χ0n) is 28.4. The van der Waals surface area contributed by atoms with Gasteiger partial charge in [0.1, 0.15) is 0 Å². The normalized spacial score (nSPS) is 19.1. The number of rotatable bonds is 21. The van der Waals surface area contributed by atoms with Crippen molar-refractivity contribution in [3.63, 3.8) is 0 Å². The summed E-state index contributed by atoms with van der Waals surface area (Å²) in [6.07, 6.45) is 22.3. The van der Waals surface area contributed by atoms with E-state index in [2.05, 4.69) is 38.4 Å². The summed E-state index contributed by atoms with van der Waals surface area (Å²) >= 11 is 3.30. The topological polar surface area (TPSA) is 98.1 Å². The Bertz CT molecular complexity index is 1510. The number of fused-ring (bicyclic) bond motifs is 1.